The van der Waals surface area contributed by atoms with Gasteiger partial charge in [0.15, 0.2) is 11.5 Å². The highest BCUT2D eigenvalue weighted by Gasteiger charge is 2.24. The van der Waals surface area contributed by atoms with Crippen molar-refractivity contribution in [3.63, 3.8) is 0 Å². The van der Waals surface area contributed by atoms with Crippen molar-refractivity contribution in [1.82, 2.24) is 9.29 Å². The maximum absolute atomic E-state index is 12.7. The van der Waals surface area contributed by atoms with Gasteiger partial charge in [-0.3, -0.25) is 0 Å². The molecule has 1 aliphatic rings. The molecule has 3 rings (SSSR count). The van der Waals surface area contributed by atoms with E-state index in [0.29, 0.717) is 24.7 Å². The summed E-state index contributed by atoms with van der Waals surface area (Å²) in [6, 6.07) is 4.68. The maximum atomic E-state index is 12.7. The molecule has 0 amide bonds. The van der Waals surface area contributed by atoms with Gasteiger partial charge in [0.25, 0.3) is 0 Å². The number of aryl methyl sites for hydroxylation is 1. The summed E-state index contributed by atoms with van der Waals surface area (Å²) in [5.41, 5.74) is 0.760. The Balaban J connectivity index is 1.82. The number of rotatable bonds is 5. The monoisotopic (exact) mass is 354 g/mol. The van der Waals surface area contributed by atoms with E-state index in [2.05, 4.69) is 4.98 Å². The molecule has 0 atom stereocenters. The standard InChI is InChI=1S/C15H18N2O4S2/c1-3-15-16-11(10-22-15)9-17(2)23(18,19)12-4-5-13-14(8-12)21-7-6-20-13/h4-5,8,10H,3,6-7,9H2,1-2H3. The number of fused-ring (bicyclic) bond motifs is 1. The normalized spacial score (nSPS) is 14.2. The zero-order chi connectivity index (χ0) is 16.4. The topological polar surface area (TPSA) is 68.7 Å². The Kier molecular flexibility index (Phi) is 4.56. The van der Waals surface area contributed by atoms with Crippen molar-refractivity contribution >= 4 is 21.4 Å². The number of hydrogen-bond acceptors (Lipinski definition) is 6. The maximum Gasteiger partial charge on any atom is 0.243 e. The lowest BCUT2D eigenvalue weighted by Gasteiger charge is -2.20. The molecule has 0 N–H and O–H groups in total. The third-order valence-corrected chi connectivity index (χ3v) is 6.35. The molecule has 0 unspecified atom stereocenters. The lowest BCUT2D eigenvalue weighted by Crippen LogP contribution is -2.27. The van der Waals surface area contributed by atoms with Crippen molar-refractivity contribution in [3.05, 3.63) is 34.3 Å². The molecule has 8 heteroatoms. The highest BCUT2D eigenvalue weighted by molar-refractivity contribution is 7.89. The van der Waals surface area contributed by atoms with Crippen LogP contribution in [0.4, 0.5) is 0 Å². The van der Waals surface area contributed by atoms with E-state index in [1.54, 1.807) is 24.5 Å². The molecular weight excluding hydrogens is 336 g/mol. The van der Waals surface area contributed by atoms with E-state index in [0.717, 1.165) is 17.1 Å². The number of benzene rings is 1. The van der Waals surface area contributed by atoms with Crippen LogP contribution in [0, 0.1) is 0 Å². The minimum absolute atomic E-state index is 0.190. The Morgan fingerprint density at radius 1 is 1.26 bits per heavy atom. The molecule has 2 heterocycles. The van der Waals surface area contributed by atoms with Gasteiger partial charge in [-0.2, -0.15) is 4.31 Å². The summed E-state index contributed by atoms with van der Waals surface area (Å²) < 4.78 is 37.6. The lowest BCUT2D eigenvalue weighted by atomic mass is 10.3. The quantitative estimate of drug-likeness (QED) is 0.824. The molecule has 0 radical (unpaired) electrons. The van der Waals surface area contributed by atoms with Crippen LogP contribution in [0.15, 0.2) is 28.5 Å². The average Bonchev–Trinajstić information content (AvgIpc) is 3.02. The zero-order valence-corrected chi connectivity index (χ0v) is 14.6. The average molecular weight is 354 g/mol. The predicted molar refractivity (Wildman–Crippen MR) is 87.6 cm³/mol. The predicted octanol–water partition coefficient (Wildman–Crippen LogP) is 2.30. The van der Waals surface area contributed by atoms with Crippen LogP contribution >= 0.6 is 11.3 Å². The van der Waals surface area contributed by atoms with Gasteiger partial charge in [-0.15, -0.1) is 11.3 Å². The summed E-state index contributed by atoms with van der Waals surface area (Å²) >= 11 is 1.55. The van der Waals surface area contributed by atoms with Crippen molar-refractivity contribution in [1.29, 1.82) is 0 Å². The first-order valence-electron chi connectivity index (χ1n) is 7.30. The number of thiazole rings is 1. The van der Waals surface area contributed by atoms with Gasteiger partial charge in [0.05, 0.1) is 22.1 Å². The summed E-state index contributed by atoms with van der Waals surface area (Å²) in [6.45, 7) is 3.17. The Morgan fingerprint density at radius 3 is 2.70 bits per heavy atom. The van der Waals surface area contributed by atoms with Crippen molar-refractivity contribution in [3.8, 4) is 11.5 Å². The zero-order valence-electron chi connectivity index (χ0n) is 13.0. The number of hydrogen-bond donors (Lipinski definition) is 0. The van der Waals surface area contributed by atoms with Crippen molar-refractivity contribution < 1.29 is 17.9 Å². The second kappa shape index (κ2) is 6.46. The summed E-state index contributed by atoms with van der Waals surface area (Å²) in [5.74, 6) is 1.04. The first-order valence-corrected chi connectivity index (χ1v) is 9.62. The van der Waals surface area contributed by atoms with Gasteiger partial charge in [-0.1, -0.05) is 6.92 Å². The van der Waals surface area contributed by atoms with Gasteiger partial charge in [-0.05, 0) is 18.6 Å². The van der Waals surface area contributed by atoms with E-state index >= 15 is 0 Å². The van der Waals surface area contributed by atoms with Crippen LogP contribution in [0.25, 0.3) is 0 Å². The second-order valence-electron chi connectivity index (χ2n) is 5.15. The molecule has 0 spiro atoms. The van der Waals surface area contributed by atoms with Crippen molar-refractivity contribution in [2.24, 2.45) is 0 Å². The van der Waals surface area contributed by atoms with Gasteiger partial charge in [0, 0.05) is 18.5 Å². The molecule has 23 heavy (non-hydrogen) atoms. The van der Waals surface area contributed by atoms with Crippen molar-refractivity contribution in [2.75, 3.05) is 20.3 Å². The Bertz CT molecular complexity index is 802. The van der Waals surface area contributed by atoms with Crippen LogP contribution in [-0.4, -0.2) is 38.0 Å². The van der Waals surface area contributed by atoms with E-state index in [9.17, 15) is 8.42 Å². The largest absolute Gasteiger partial charge is 0.486 e. The third-order valence-electron chi connectivity index (χ3n) is 3.51. The molecule has 2 aromatic rings. The Hall–Kier alpha value is -1.64. The van der Waals surface area contributed by atoms with Crippen LogP contribution in [-0.2, 0) is 23.0 Å². The summed E-state index contributed by atoms with van der Waals surface area (Å²) in [4.78, 5) is 4.60. The number of sulfonamides is 1. The molecule has 0 bridgehead atoms. The van der Waals surface area contributed by atoms with E-state index in [1.807, 2.05) is 12.3 Å². The molecule has 6 nitrogen and oxygen atoms in total. The fourth-order valence-electron chi connectivity index (χ4n) is 2.26. The van der Waals surface area contributed by atoms with Crippen LogP contribution in [0.1, 0.15) is 17.6 Å². The summed E-state index contributed by atoms with van der Waals surface area (Å²) in [6.07, 6.45) is 0.850. The van der Waals surface area contributed by atoms with E-state index < -0.39 is 10.0 Å². The minimum atomic E-state index is -3.61. The van der Waals surface area contributed by atoms with Gasteiger partial charge in [-0.25, -0.2) is 13.4 Å². The molecule has 0 saturated heterocycles. The van der Waals surface area contributed by atoms with Gasteiger partial charge in [0.2, 0.25) is 10.0 Å². The first-order chi connectivity index (χ1) is 11.0. The second-order valence-corrected chi connectivity index (χ2v) is 8.14. The number of ether oxygens (including phenoxy) is 2. The third kappa shape index (κ3) is 3.34. The SMILES string of the molecule is CCc1nc(CN(C)S(=O)(=O)c2ccc3c(c2)OCCO3)cs1. The van der Waals surface area contributed by atoms with Crippen LogP contribution in [0.2, 0.25) is 0 Å². The van der Waals surface area contributed by atoms with Gasteiger partial charge < -0.3 is 9.47 Å². The van der Waals surface area contributed by atoms with Crippen LogP contribution in [0.5, 0.6) is 11.5 Å². The molecule has 124 valence electrons. The highest BCUT2D eigenvalue weighted by atomic mass is 32.2. The molecule has 0 saturated carbocycles. The first kappa shape index (κ1) is 16.2. The van der Waals surface area contributed by atoms with Gasteiger partial charge >= 0.3 is 0 Å². The smallest absolute Gasteiger partial charge is 0.243 e. The fourth-order valence-corrected chi connectivity index (χ4v) is 4.16. The summed E-state index contributed by atoms with van der Waals surface area (Å²) in [7, 11) is -2.05. The Morgan fingerprint density at radius 2 is 2.00 bits per heavy atom. The lowest BCUT2D eigenvalue weighted by molar-refractivity contribution is 0.171. The van der Waals surface area contributed by atoms with E-state index in [-0.39, 0.29) is 11.4 Å². The van der Waals surface area contributed by atoms with Crippen LogP contribution < -0.4 is 9.47 Å². The van der Waals surface area contributed by atoms with Crippen molar-refractivity contribution in [2.45, 2.75) is 24.8 Å². The number of nitrogens with zero attached hydrogens (tertiary/aromatic N) is 2. The van der Waals surface area contributed by atoms with E-state index in [1.165, 1.54) is 16.4 Å². The Labute approximate surface area is 139 Å². The molecule has 1 aliphatic heterocycles. The highest BCUT2D eigenvalue weighted by Crippen LogP contribution is 2.33. The molecular formula is C15H18N2O4S2. The minimum Gasteiger partial charge on any atom is -0.486 e. The molecule has 0 fully saturated rings. The van der Waals surface area contributed by atoms with Gasteiger partial charge in [0.1, 0.15) is 13.2 Å². The van der Waals surface area contributed by atoms with Crippen LogP contribution in [0.3, 0.4) is 0 Å². The molecule has 1 aromatic carbocycles. The molecule has 1 aromatic heterocycles. The molecule has 0 aliphatic carbocycles. The van der Waals surface area contributed by atoms with E-state index in [4.69, 9.17) is 9.47 Å². The number of aromatic nitrogens is 1. The fraction of sp³-hybridized carbons (Fsp3) is 0.400. The summed E-state index contributed by atoms with van der Waals surface area (Å²) in [5, 5.41) is 2.90.